The fourth-order valence-corrected chi connectivity index (χ4v) is 3.95. The molecule has 5 nitrogen and oxygen atoms in total. The molecular weight excluding hydrogens is 358 g/mol. The van der Waals surface area contributed by atoms with Crippen LogP contribution in [0.4, 0.5) is 0 Å². The maximum absolute atomic E-state index is 13.2. The van der Waals surface area contributed by atoms with Crippen LogP contribution in [0.15, 0.2) is 34.7 Å². The summed E-state index contributed by atoms with van der Waals surface area (Å²) in [5.74, 6) is 0.658. The van der Waals surface area contributed by atoms with E-state index in [0.717, 1.165) is 35.5 Å². The van der Waals surface area contributed by atoms with Crippen molar-refractivity contribution in [1.29, 1.82) is 0 Å². The van der Waals surface area contributed by atoms with Crippen LogP contribution < -0.4 is 15.8 Å². The normalized spacial score (nSPS) is 18.1. The number of carbonyl (C=O) groups excluding carboxylic acids is 1. The Kier molecular flexibility index (Phi) is 7.80. The van der Waals surface area contributed by atoms with Gasteiger partial charge in [-0.1, -0.05) is 24.4 Å². The van der Waals surface area contributed by atoms with Crippen molar-refractivity contribution in [3.05, 3.63) is 51.4 Å². The minimum Gasteiger partial charge on any atom is -0.496 e. The zero-order chi connectivity index (χ0) is 20.0. The SMILES string of the molecule is C=C(N)S/C(=C\C)Cc1cc(C(=O)N2CCCNC(C)C2)c(OC)cc1C. The second-order valence-corrected chi connectivity index (χ2v) is 8.19. The van der Waals surface area contributed by atoms with E-state index in [9.17, 15) is 4.79 Å². The first-order valence-electron chi connectivity index (χ1n) is 9.33. The lowest BCUT2D eigenvalue weighted by Gasteiger charge is -2.24. The summed E-state index contributed by atoms with van der Waals surface area (Å²) in [6.07, 6.45) is 3.70. The average molecular weight is 390 g/mol. The minimum absolute atomic E-state index is 0.0292. The summed E-state index contributed by atoms with van der Waals surface area (Å²) >= 11 is 1.47. The molecule has 1 aromatic carbocycles. The van der Waals surface area contributed by atoms with E-state index in [-0.39, 0.29) is 11.9 Å². The van der Waals surface area contributed by atoms with Crippen molar-refractivity contribution in [2.45, 2.75) is 39.7 Å². The van der Waals surface area contributed by atoms with Crippen LogP contribution >= 0.6 is 11.8 Å². The number of hydrogen-bond donors (Lipinski definition) is 2. The van der Waals surface area contributed by atoms with Crippen LogP contribution in [0.5, 0.6) is 5.75 Å². The molecule has 6 heteroatoms. The van der Waals surface area contributed by atoms with Gasteiger partial charge in [-0.15, -0.1) is 0 Å². The highest BCUT2D eigenvalue weighted by Gasteiger charge is 2.24. The van der Waals surface area contributed by atoms with Gasteiger partial charge in [-0.2, -0.15) is 0 Å². The molecule has 0 bridgehead atoms. The fraction of sp³-hybridized carbons (Fsp3) is 0.476. The molecule has 0 spiro atoms. The number of nitrogens with zero attached hydrogens (tertiary/aromatic N) is 1. The van der Waals surface area contributed by atoms with E-state index in [0.29, 0.717) is 29.3 Å². The van der Waals surface area contributed by atoms with Gasteiger partial charge in [-0.05, 0) is 61.9 Å². The summed E-state index contributed by atoms with van der Waals surface area (Å²) < 4.78 is 5.53. The number of aryl methyl sites for hydroxylation is 1. The molecule has 27 heavy (non-hydrogen) atoms. The highest BCUT2D eigenvalue weighted by molar-refractivity contribution is 8.06. The lowest BCUT2D eigenvalue weighted by Crippen LogP contribution is -2.39. The van der Waals surface area contributed by atoms with E-state index in [2.05, 4.69) is 18.8 Å². The summed E-state index contributed by atoms with van der Waals surface area (Å²) in [6.45, 7) is 12.3. The maximum Gasteiger partial charge on any atom is 0.257 e. The molecule has 1 atom stereocenters. The number of nitrogens with one attached hydrogen (secondary N) is 1. The Morgan fingerprint density at radius 3 is 2.89 bits per heavy atom. The summed E-state index contributed by atoms with van der Waals surface area (Å²) in [5.41, 5.74) is 8.57. The van der Waals surface area contributed by atoms with Gasteiger partial charge in [0.25, 0.3) is 5.91 Å². The Morgan fingerprint density at radius 2 is 2.26 bits per heavy atom. The van der Waals surface area contributed by atoms with Gasteiger partial charge in [0.15, 0.2) is 0 Å². The van der Waals surface area contributed by atoms with E-state index in [1.807, 2.05) is 37.0 Å². The van der Waals surface area contributed by atoms with E-state index in [1.165, 1.54) is 11.8 Å². The molecule has 1 saturated heterocycles. The quantitative estimate of drug-likeness (QED) is 0.780. The topological polar surface area (TPSA) is 67.6 Å². The molecule has 0 aliphatic carbocycles. The van der Waals surface area contributed by atoms with E-state index in [4.69, 9.17) is 10.5 Å². The van der Waals surface area contributed by atoms with Gasteiger partial charge in [-0.3, -0.25) is 4.79 Å². The number of rotatable bonds is 6. The van der Waals surface area contributed by atoms with Gasteiger partial charge in [0.05, 0.1) is 17.7 Å². The van der Waals surface area contributed by atoms with Crippen LogP contribution in [0.3, 0.4) is 0 Å². The monoisotopic (exact) mass is 389 g/mol. The van der Waals surface area contributed by atoms with Gasteiger partial charge in [0, 0.05) is 25.6 Å². The third kappa shape index (κ3) is 5.78. The van der Waals surface area contributed by atoms with Crippen LogP contribution in [0, 0.1) is 6.92 Å². The molecule has 1 aliphatic heterocycles. The predicted octanol–water partition coefficient (Wildman–Crippen LogP) is 3.44. The fourth-order valence-electron chi connectivity index (χ4n) is 3.27. The van der Waals surface area contributed by atoms with Crippen molar-refractivity contribution in [2.75, 3.05) is 26.7 Å². The standard InChI is InChI=1S/C21H31N3O2S/c1-6-18(27-16(4)22)11-17-12-19(20(26-5)10-14(17)2)21(25)24-9-7-8-23-15(3)13-24/h6,10,12,15,23H,4,7-9,11,13,22H2,1-3,5H3/b18-6-. The van der Waals surface area contributed by atoms with Gasteiger partial charge in [0.1, 0.15) is 5.75 Å². The maximum atomic E-state index is 13.2. The van der Waals surface area contributed by atoms with Crippen LogP contribution in [-0.4, -0.2) is 43.6 Å². The number of amides is 1. The smallest absolute Gasteiger partial charge is 0.257 e. The Balaban J connectivity index is 2.34. The molecule has 0 saturated carbocycles. The number of benzene rings is 1. The van der Waals surface area contributed by atoms with Crippen LogP contribution in [0.1, 0.15) is 41.8 Å². The first-order valence-corrected chi connectivity index (χ1v) is 10.1. The van der Waals surface area contributed by atoms with E-state index < -0.39 is 0 Å². The highest BCUT2D eigenvalue weighted by Crippen LogP contribution is 2.30. The second kappa shape index (κ2) is 9.85. The van der Waals surface area contributed by atoms with Crippen molar-refractivity contribution in [3.63, 3.8) is 0 Å². The highest BCUT2D eigenvalue weighted by atomic mass is 32.2. The van der Waals surface area contributed by atoms with Crippen molar-refractivity contribution >= 4 is 17.7 Å². The summed E-state index contributed by atoms with van der Waals surface area (Å²) in [5, 5.41) is 3.99. The van der Waals surface area contributed by atoms with Crippen LogP contribution in [0.25, 0.3) is 0 Å². The summed E-state index contributed by atoms with van der Waals surface area (Å²) in [6, 6.07) is 4.22. The Morgan fingerprint density at radius 1 is 1.52 bits per heavy atom. The molecular formula is C21H31N3O2S. The van der Waals surface area contributed by atoms with E-state index >= 15 is 0 Å². The molecule has 1 heterocycles. The number of thioether (sulfide) groups is 1. The molecule has 1 aliphatic rings. The van der Waals surface area contributed by atoms with Crippen LogP contribution in [0.2, 0.25) is 0 Å². The predicted molar refractivity (Wildman–Crippen MR) is 114 cm³/mol. The first kappa shape index (κ1) is 21.4. The largest absolute Gasteiger partial charge is 0.496 e. The number of ether oxygens (including phenoxy) is 1. The summed E-state index contributed by atoms with van der Waals surface area (Å²) in [4.78, 5) is 16.3. The molecule has 1 fully saturated rings. The number of allylic oxidation sites excluding steroid dienone is 2. The second-order valence-electron chi connectivity index (χ2n) is 6.94. The van der Waals surface area contributed by atoms with Gasteiger partial charge in [0.2, 0.25) is 0 Å². The molecule has 2 rings (SSSR count). The zero-order valence-corrected chi connectivity index (χ0v) is 17.6. The molecule has 0 aromatic heterocycles. The summed E-state index contributed by atoms with van der Waals surface area (Å²) in [7, 11) is 1.61. The molecule has 3 N–H and O–H groups in total. The molecule has 1 unspecified atom stereocenters. The first-order chi connectivity index (χ1) is 12.8. The molecule has 1 amide bonds. The number of hydrogen-bond acceptors (Lipinski definition) is 5. The Hall–Kier alpha value is -1.92. The third-order valence-electron chi connectivity index (χ3n) is 4.72. The van der Waals surface area contributed by atoms with Crippen molar-refractivity contribution in [1.82, 2.24) is 10.2 Å². The zero-order valence-electron chi connectivity index (χ0n) is 16.8. The van der Waals surface area contributed by atoms with Crippen LogP contribution in [-0.2, 0) is 6.42 Å². The van der Waals surface area contributed by atoms with E-state index in [1.54, 1.807) is 7.11 Å². The number of nitrogens with two attached hydrogens (primary N) is 1. The van der Waals surface area contributed by atoms with Crippen molar-refractivity contribution < 1.29 is 9.53 Å². The van der Waals surface area contributed by atoms with Gasteiger partial charge < -0.3 is 20.7 Å². The van der Waals surface area contributed by atoms with Gasteiger partial charge in [-0.25, -0.2) is 0 Å². The lowest BCUT2D eigenvalue weighted by molar-refractivity contribution is 0.0752. The number of carbonyl (C=O) groups is 1. The lowest BCUT2D eigenvalue weighted by atomic mass is 10.00. The van der Waals surface area contributed by atoms with Crippen molar-refractivity contribution in [3.8, 4) is 5.75 Å². The molecule has 148 valence electrons. The van der Waals surface area contributed by atoms with Crippen molar-refractivity contribution in [2.24, 2.45) is 5.73 Å². The van der Waals surface area contributed by atoms with Gasteiger partial charge >= 0.3 is 0 Å². The number of methoxy groups -OCH3 is 1. The Labute approximate surface area is 167 Å². The molecule has 0 radical (unpaired) electrons. The molecule has 1 aromatic rings. The Bertz CT molecular complexity index is 730. The third-order valence-corrected chi connectivity index (χ3v) is 5.62. The average Bonchev–Trinajstić information content (AvgIpc) is 2.85. The minimum atomic E-state index is 0.0292.